The zero-order valence-electron chi connectivity index (χ0n) is 24.8. The molecule has 1 unspecified atom stereocenters. The van der Waals surface area contributed by atoms with Crippen LogP contribution in [0.4, 0.5) is 9.59 Å². The van der Waals surface area contributed by atoms with Gasteiger partial charge in [0.25, 0.3) is 0 Å². The fourth-order valence-electron chi connectivity index (χ4n) is 4.40. The third-order valence-corrected chi connectivity index (χ3v) is 6.95. The van der Waals surface area contributed by atoms with Crippen molar-refractivity contribution in [3.8, 4) is 0 Å². The number of carbonyl (C=O) groups excluding carboxylic acids is 4. The average Bonchev–Trinajstić information content (AvgIpc) is 3.02. The Labute approximate surface area is 230 Å². The Morgan fingerprint density at radius 2 is 1.50 bits per heavy atom. The SMILES string of the molecule is C=C[C@@H]1C[C@H](C(=O)OC(C)(C)C)N(C(=O)OC(C)(C)C)[C@]1(CC[S+]([O-])CC)N(C(C)=O)C(=O)OC(C)(C)C. The van der Waals surface area contributed by atoms with Gasteiger partial charge in [-0.05, 0) is 75.7 Å². The Morgan fingerprint density at radius 1 is 1.00 bits per heavy atom. The maximum Gasteiger partial charge on any atom is 0.419 e. The third-order valence-electron chi connectivity index (χ3n) is 5.65. The number of imide groups is 1. The lowest BCUT2D eigenvalue weighted by atomic mass is 9.88. The van der Waals surface area contributed by atoms with Crippen LogP contribution in [0.5, 0.6) is 0 Å². The summed E-state index contributed by atoms with van der Waals surface area (Å²) >= 11 is -1.33. The zero-order chi connectivity index (χ0) is 29.9. The highest BCUT2D eigenvalue weighted by atomic mass is 32.2. The van der Waals surface area contributed by atoms with Gasteiger partial charge in [-0.25, -0.2) is 19.3 Å². The summed E-state index contributed by atoms with van der Waals surface area (Å²) < 4.78 is 29.6. The van der Waals surface area contributed by atoms with Gasteiger partial charge in [-0.1, -0.05) is 17.3 Å². The van der Waals surface area contributed by atoms with E-state index in [0.717, 1.165) is 9.80 Å². The van der Waals surface area contributed by atoms with Crippen LogP contribution < -0.4 is 0 Å². The predicted molar refractivity (Wildman–Crippen MR) is 146 cm³/mol. The van der Waals surface area contributed by atoms with E-state index in [9.17, 15) is 23.7 Å². The van der Waals surface area contributed by atoms with Gasteiger partial charge in [-0.15, -0.1) is 6.58 Å². The molecule has 3 amide bonds. The lowest BCUT2D eigenvalue weighted by Gasteiger charge is -2.48. The molecular weight excluding hydrogens is 512 g/mol. The van der Waals surface area contributed by atoms with Crippen molar-refractivity contribution < 1.29 is 37.9 Å². The first-order valence-electron chi connectivity index (χ1n) is 12.9. The number of ether oxygens (including phenoxy) is 3. The van der Waals surface area contributed by atoms with Gasteiger partial charge in [0.2, 0.25) is 5.91 Å². The highest BCUT2D eigenvalue weighted by molar-refractivity contribution is 7.91. The lowest BCUT2D eigenvalue weighted by molar-refractivity contribution is -0.166. The number of hydrogen-bond donors (Lipinski definition) is 0. The number of amides is 3. The summed E-state index contributed by atoms with van der Waals surface area (Å²) in [5, 5.41) is 0. The van der Waals surface area contributed by atoms with E-state index in [1.54, 1.807) is 69.2 Å². The van der Waals surface area contributed by atoms with Crippen LogP contribution >= 0.6 is 0 Å². The quantitative estimate of drug-likeness (QED) is 0.189. The normalized spacial score (nSPS) is 22.9. The third kappa shape index (κ3) is 8.62. The van der Waals surface area contributed by atoms with Gasteiger partial charge in [-0.3, -0.25) is 9.69 Å². The maximum atomic E-state index is 13.9. The van der Waals surface area contributed by atoms with Crippen molar-refractivity contribution in [1.82, 2.24) is 9.80 Å². The van der Waals surface area contributed by atoms with Crippen molar-refractivity contribution in [2.24, 2.45) is 5.92 Å². The van der Waals surface area contributed by atoms with Gasteiger partial charge in [0.15, 0.2) is 0 Å². The van der Waals surface area contributed by atoms with Crippen LogP contribution in [-0.4, -0.2) is 78.4 Å². The van der Waals surface area contributed by atoms with E-state index >= 15 is 0 Å². The second kappa shape index (κ2) is 12.3. The molecule has 0 radical (unpaired) electrons. The molecule has 1 heterocycles. The van der Waals surface area contributed by atoms with Crippen LogP contribution in [0.25, 0.3) is 0 Å². The van der Waals surface area contributed by atoms with Crippen molar-refractivity contribution in [2.45, 2.75) is 118 Å². The topological polar surface area (TPSA) is 126 Å². The molecule has 1 aliphatic rings. The molecule has 38 heavy (non-hydrogen) atoms. The van der Waals surface area contributed by atoms with E-state index in [2.05, 4.69) is 6.58 Å². The Morgan fingerprint density at radius 3 is 1.89 bits per heavy atom. The first-order valence-corrected chi connectivity index (χ1v) is 14.3. The van der Waals surface area contributed by atoms with Gasteiger partial charge < -0.3 is 18.8 Å². The number of carbonyl (C=O) groups is 4. The number of esters is 1. The average molecular weight is 559 g/mol. The fourth-order valence-corrected chi connectivity index (χ4v) is 5.22. The molecule has 0 bridgehead atoms. The van der Waals surface area contributed by atoms with Gasteiger partial charge >= 0.3 is 18.2 Å². The molecule has 0 N–H and O–H groups in total. The molecule has 0 aromatic carbocycles. The largest absolute Gasteiger partial charge is 0.616 e. The Bertz CT molecular complexity index is 902. The molecule has 11 heteroatoms. The summed E-state index contributed by atoms with van der Waals surface area (Å²) in [7, 11) is 0. The Hall–Kier alpha value is -2.27. The summed E-state index contributed by atoms with van der Waals surface area (Å²) in [5.74, 6) is -1.86. The molecule has 10 nitrogen and oxygen atoms in total. The molecule has 1 saturated heterocycles. The van der Waals surface area contributed by atoms with Crippen molar-refractivity contribution in [2.75, 3.05) is 11.5 Å². The first kappa shape index (κ1) is 33.8. The van der Waals surface area contributed by atoms with Crippen LogP contribution in [-0.2, 0) is 35.0 Å². The van der Waals surface area contributed by atoms with Crippen molar-refractivity contribution in [3.05, 3.63) is 12.7 Å². The summed E-state index contributed by atoms with van der Waals surface area (Å²) in [4.78, 5) is 56.1. The first-order chi connectivity index (χ1) is 17.1. The minimum Gasteiger partial charge on any atom is -0.616 e. The van der Waals surface area contributed by atoms with Crippen molar-refractivity contribution in [3.63, 3.8) is 0 Å². The number of hydrogen-bond acceptors (Lipinski definition) is 8. The van der Waals surface area contributed by atoms with Gasteiger partial charge in [0.05, 0.1) is 0 Å². The minimum absolute atomic E-state index is 0.00297. The van der Waals surface area contributed by atoms with Crippen LogP contribution in [0.2, 0.25) is 0 Å². The van der Waals surface area contributed by atoms with Crippen molar-refractivity contribution >= 4 is 35.2 Å². The van der Waals surface area contributed by atoms with Gasteiger partial charge in [0.1, 0.15) is 40.0 Å². The monoisotopic (exact) mass is 558 g/mol. The molecule has 0 aromatic heterocycles. The maximum absolute atomic E-state index is 13.9. The van der Waals surface area contributed by atoms with Crippen LogP contribution in [0, 0.1) is 5.92 Å². The summed E-state index contributed by atoms with van der Waals surface area (Å²) in [6.07, 6.45) is -0.520. The summed E-state index contributed by atoms with van der Waals surface area (Å²) in [6, 6.07) is -1.22. The molecule has 1 rings (SSSR count). The molecule has 218 valence electrons. The molecule has 1 fully saturated rings. The highest BCUT2D eigenvalue weighted by Gasteiger charge is 2.64. The number of rotatable bonds is 7. The van der Waals surface area contributed by atoms with Gasteiger partial charge in [-0.2, -0.15) is 0 Å². The Kier molecular flexibility index (Phi) is 10.9. The van der Waals surface area contributed by atoms with Gasteiger partial charge in [0, 0.05) is 19.3 Å². The molecule has 0 aromatic rings. The van der Waals surface area contributed by atoms with E-state index in [4.69, 9.17) is 14.2 Å². The molecule has 4 atom stereocenters. The number of nitrogens with zero attached hydrogens (tertiary/aromatic N) is 2. The van der Waals surface area contributed by atoms with E-state index in [1.165, 1.54) is 13.0 Å². The predicted octanol–water partition coefficient (Wildman–Crippen LogP) is 4.78. The molecule has 0 aliphatic carbocycles. The molecule has 1 aliphatic heterocycles. The highest BCUT2D eigenvalue weighted by Crippen LogP contribution is 2.47. The van der Waals surface area contributed by atoms with Crippen LogP contribution in [0.15, 0.2) is 12.7 Å². The molecule has 0 spiro atoms. The van der Waals surface area contributed by atoms with Crippen molar-refractivity contribution in [1.29, 1.82) is 0 Å². The second-order valence-electron chi connectivity index (χ2n) is 12.4. The Balaban J connectivity index is 3.99. The molecular formula is C27H46N2O8S. The molecule has 0 saturated carbocycles. The minimum atomic E-state index is -1.79. The van der Waals surface area contributed by atoms with E-state index in [1.807, 2.05) is 0 Å². The lowest BCUT2D eigenvalue weighted by Crippen LogP contribution is -2.68. The second-order valence-corrected chi connectivity index (χ2v) is 14.2. The van der Waals surface area contributed by atoms with Crippen LogP contribution in [0.3, 0.4) is 0 Å². The number of likely N-dealkylation sites (tertiary alicyclic amines) is 1. The van der Waals surface area contributed by atoms with E-state index < -0.39 is 69.7 Å². The zero-order valence-corrected chi connectivity index (χ0v) is 25.7. The summed E-state index contributed by atoms with van der Waals surface area (Å²) in [6.45, 7) is 21.9. The fraction of sp³-hybridized carbons (Fsp3) is 0.778. The summed E-state index contributed by atoms with van der Waals surface area (Å²) in [5.41, 5.74) is -4.60. The van der Waals surface area contributed by atoms with E-state index in [0.29, 0.717) is 5.75 Å². The van der Waals surface area contributed by atoms with E-state index in [-0.39, 0.29) is 18.6 Å². The van der Waals surface area contributed by atoms with Crippen LogP contribution in [0.1, 0.15) is 89.0 Å². The standard InChI is InChI=1S/C27H46N2O8S/c1-13-19-17-20(21(31)35-24(4,5)6)29(23(33)37-26(10,11)12)27(19,15-16-38(34)14-2)28(18(3)30)22(32)36-25(7,8)9/h13,19-20H,1,14-17H2,2-12H3/t19-,20-,27+,38?/m1/s1. The smallest absolute Gasteiger partial charge is 0.419 e.